The quantitative estimate of drug-likeness (QED) is 0.638. The van der Waals surface area contributed by atoms with E-state index in [1.54, 1.807) is 37.4 Å². The Morgan fingerprint density at radius 3 is 2.14 bits per heavy atom. The lowest BCUT2D eigenvalue weighted by Crippen LogP contribution is -2.31. The molecule has 0 atom stereocenters. The summed E-state index contributed by atoms with van der Waals surface area (Å²) < 4.78 is 16.1. The molecule has 2 aromatic rings. The first-order valence-electron chi connectivity index (χ1n) is 9.09. The van der Waals surface area contributed by atoms with E-state index in [9.17, 15) is 9.59 Å². The molecule has 3 rings (SSSR count). The van der Waals surface area contributed by atoms with Gasteiger partial charge in [0, 0.05) is 0 Å². The zero-order valence-electron chi connectivity index (χ0n) is 17.1. The van der Waals surface area contributed by atoms with Crippen molar-refractivity contribution < 1.29 is 23.8 Å². The summed E-state index contributed by atoms with van der Waals surface area (Å²) in [6, 6.07) is 10.6. The third-order valence-corrected chi connectivity index (χ3v) is 5.53. The van der Waals surface area contributed by atoms with E-state index in [2.05, 4.69) is 0 Å². The second kappa shape index (κ2) is 8.61. The number of hydrogen-bond acceptors (Lipinski definition) is 6. The Bertz CT molecular complexity index is 999. The molecule has 0 aromatic heterocycles. The van der Waals surface area contributed by atoms with Gasteiger partial charge >= 0.3 is 0 Å². The fraction of sp³-hybridized carbons (Fsp3) is 0.273. The number of benzene rings is 2. The molecule has 0 aliphatic carbocycles. The highest BCUT2D eigenvalue weighted by atomic mass is 32.2. The van der Waals surface area contributed by atoms with Crippen molar-refractivity contribution in [3.05, 3.63) is 52.4 Å². The number of methoxy groups -OCH3 is 3. The van der Waals surface area contributed by atoms with E-state index in [0.29, 0.717) is 44.7 Å². The zero-order chi connectivity index (χ0) is 21.1. The van der Waals surface area contributed by atoms with Gasteiger partial charge in [0.05, 0.1) is 37.5 Å². The van der Waals surface area contributed by atoms with Crippen LogP contribution in [0, 0.1) is 6.92 Å². The molecule has 6 nitrogen and oxygen atoms in total. The van der Waals surface area contributed by atoms with Gasteiger partial charge in [0.2, 0.25) is 0 Å². The normalized spacial score (nSPS) is 13.9. The fourth-order valence-corrected chi connectivity index (χ4v) is 4.08. The van der Waals surface area contributed by atoms with Crippen molar-refractivity contribution in [1.29, 1.82) is 0 Å². The average Bonchev–Trinajstić information content (AvgIpc) is 2.97. The van der Waals surface area contributed by atoms with Crippen LogP contribution in [0.1, 0.15) is 18.1 Å². The first-order valence-corrected chi connectivity index (χ1v) is 10.1. The molecule has 0 saturated carbocycles. The minimum absolute atomic E-state index is 0.351. The molecule has 2 amide bonds. The first kappa shape index (κ1) is 20.8. The van der Waals surface area contributed by atoms with E-state index in [1.807, 2.05) is 19.9 Å². The molecule has 7 heteroatoms. The van der Waals surface area contributed by atoms with Gasteiger partial charge in [0.25, 0.3) is 11.8 Å². The highest BCUT2D eigenvalue weighted by molar-refractivity contribution is 8.04. The number of rotatable bonds is 7. The van der Waals surface area contributed by atoms with Crippen LogP contribution >= 0.6 is 11.8 Å². The number of nitrogens with zero attached hydrogens (tertiary/aromatic N) is 1. The molecule has 1 aliphatic rings. The summed E-state index contributed by atoms with van der Waals surface area (Å²) in [6.45, 7) is 3.84. The molecule has 0 N–H and O–H groups in total. The minimum atomic E-state index is -0.387. The number of aryl methyl sites for hydroxylation is 1. The summed E-state index contributed by atoms with van der Waals surface area (Å²) in [7, 11) is 4.60. The van der Waals surface area contributed by atoms with Crippen molar-refractivity contribution in [3.8, 4) is 17.2 Å². The average molecular weight is 413 g/mol. The van der Waals surface area contributed by atoms with Gasteiger partial charge in [0.15, 0.2) is 11.5 Å². The highest BCUT2D eigenvalue weighted by Gasteiger charge is 2.41. The van der Waals surface area contributed by atoms with Crippen LogP contribution in [-0.2, 0) is 9.59 Å². The molecule has 152 valence electrons. The lowest BCUT2D eigenvalue weighted by Gasteiger charge is -2.19. The Kier molecular flexibility index (Phi) is 6.17. The number of carbonyl (C=O) groups is 2. The molecular weight excluding hydrogens is 390 g/mol. The second-order valence-corrected chi connectivity index (χ2v) is 7.60. The van der Waals surface area contributed by atoms with Crippen LogP contribution in [0.5, 0.6) is 17.2 Å². The minimum Gasteiger partial charge on any atom is -0.495 e. The number of amides is 2. The Hall–Kier alpha value is -2.93. The van der Waals surface area contributed by atoms with Crippen molar-refractivity contribution in [2.75, 3.05) is 32.0 Å². The van der Waals surface area contributed by atoms with Gasteiger partial charge < -0.3 is 14.2 Å². The molecule has 1 aliphatic heterocycles. The Morgan fingerprint density at radius 1 is 0.862 bits per heavy atom. The van der Waals surface area contributed by atoms with Crippen molar-refractivity contribution in [1.82, 2.24) is 0 Å². The van der Waals surface area contributed by atoms with Gasteiger partial charge in [-0.1, -0.05) is 19.1 Å². The van der Waals surface area contributed by atoms with E-state index in [1.165, 1.54) is 30.9 Å². The molecule has 29 heavy (non-hydrogen) atoms. The molecule has 0 saturated heterocycles. The van der Waals surface area contributed by atoms with E-state index in [0.717, 1.165) is 5.56 Å². The summed E-state index contributed by atoms with van der Waals surface area (Å²) >= 11 is 1.35. The van der Waals surface area contributed by atoms with Crippen LogP contribution in [-0.4, -0.2) is 38.9 Å². The maximum atomic E-state index is 13.4. The summed E-state index contributed by atoms with van der Waals surface area (Å²) in [5.41, 5.74) is 2.32. The Morgan fingerprint density at radius 2 is 1.52 bits per heavy atom. The molecular formula is C22H23NO5S. The van der Waals surface area contributed by atoms with Crippen LogP contribution in [0.4, 0.5) is 5.69 Å². The van der Waals surface area contributed by atoms with Gasteiger partial charge in [-0.15, -0.1) is 11.8 Å². The van der Waals surface area contributed by atoms with Crippen LogP contribution in [0.15, 0.2) is 41.3 Å². The van der Waals surface area contributed by atoms with E-state index in [4.69, 9.17) is 14.2 Å². The van der Waals surface area contributed by atoms with Crippen LogP contribution < -0.4 is 19.1 Å². The van der Waals surface area contributed by atoms with Crippen LogP contribution in [0.25, 0.3) is 5.57 Å². The van der Waals surface area contributed by atoms with Crippen molar-refractivity contribution >= 4 is 34.8 Å². The lowest BCUT2D eigenvalue weighted by atomic mass is 10.1. The molecule has 0 unspecified atom stereocenters. The predicted octanol–water partition coefficient (Wildman–Crippen LogP) is 4.06. The Labute approximate surface area is 174 Å². The number of imide groups is 1. The van der Waals surface area contributed by atoms with Crippen LogP contribution in [0.3, 0.4) is 0 Å². The number of ether oxygens (including phenoxy) is 3. The third-order valence-electron chi connectivity index (χ3n) is 4.58. The largest absolute Gasteiger partial charge is 0.495 e. The predicted molar refractivity (Wildman–Crippen MR) is 115 cm³/mol. The Balaban J connectivity index is 2.15. The number of carbonyl (C=O) groups excluding carboxylic acids is 2. The number of anilines is 1. The highest BCUT2D eigenvalue weighted by Crippen LogP contribution is 2.42. The number of thioether (sulfide) groups is 1. The maximum absolute atomic E-state index is 13.4. The molecule has 0 spiro atoms. The zero-order valence-corrected chi connectivity index (χ0v) is 17.9. The summed E-state index contributed by atoms with van der Waals surface area (Å²) in [6.07, 6.45) is 0. The summed E-state index contributed by atoms with van der Waals surface area (Å²) in [4.78, 5) is 28.3. The van der Waals surface area contributed by atoms with Gasteiger partial charge in [0.1, 0.15) is 5.75 Å². The van der Waals surface area contributed by atoms with E-state index in [-0.39, 0.29) is 11.8 Å². The van der Waals surface area contributed by atoms with E-state index >= 15 is 0 Å². The van der Waals surface area contributed by atoms with Crippen molar-refractivity contribution in [2.45, 2.75) is 13.8 Å². The topological polar surface area (TPSA) is 65.1 Å². The maximum Gasteiger partial charge on any atom is 0.272 e. The lowest BCUT2D eigenvalue weighted by molar-refractivity contribution is -0.119. The monoisotopic (exact) mass is 413 g/mol. The number of hydrogen-bond donors (Lipinski definition) is 0. The summed E-state index contributed by atoms with van der Waals surface area (Å²) in [5.74, 6) is 1.43. The van der Waals surface area contributed by atoms with Crippen LogP contribution in [0.2, 0.25) is 0 Å². The van der Waals surface area contributed by atoms with E-state index < -0.39 is 0 Å². The summed E-state index contributed by atoms with van der Waals surface area (Å²) in [5, 5.41) is 0. The van der Waals surface area contributed by atoms with Gasteiger partial charge in [-0.3, -0.25) is 9.59 Å². The molecule has 0 bridgehead atoms. The third kappa shape index (κ3) is 3.70. The van der Waals surface area contributed by atoms with Gasteiger partial charge in [-0.2, -0.15) is 0 Å². The molecule has 1 heterocycles. The first-order chi connectivity index (χ1) is 14.0. The van der Waals surface area contributed by atoms with Crippen molar-refractivity contribution in [3.63, 3.8) is 0 Å². The SMILES string of the molecule is CCSC1=C(c2ccc(OC)c(OC)c2)C(=O)N(c2cc(C)ccc2OC)C1=O. The standard InChI is InChI=1S/C22H23NO5S/c1-6-29-20-19(14-8-10-17(27-4)18(12-14)28-5)21(24)23(22(20)25)15-11-13(2)7-9-16(15)26-3/h7-12H,6H2,1-5H3. The van der Waals surface area contributed by atoms with Crippen molar-refractivity contribution in [2.24, 2.45) is 0 Å². The smallest absolute Gasteiger partial charge is 0.272 e. The van der Waals surface area contributed by atoms with Gasteiger partial charge in [-0.05, 0) is 48.1 Å². The second-order valence-electron chi connectivity index (χ2n) is 6.33. The van der Waals surface area contributed by atoms with Gasteiger partial charge in [-0.25, -0.2) is 4.90 Å². The molecule has 2 aromatic carbocycles. The molecule has 0 radical (unpaired) electrons. The molecule has 0 fully saturated rings. The fourth-order valence-electron chi connectivity index (χ4n) is 3.23.